The van der Waals surface area contributed by atoms with Gasteiger partial charge in [-0.05, 0) is 30.7 Å². The quantitative estimate of drug-likeness (QED) is 0.247. The second-order valence-electron chi connectivity index (χ2n) is 7.31. The van der Waals surface area contributed by atoms with E-state index in [1.165, 1.54) is 24.1 Å². The van der Waals surface area contributed by atoms with Crippen molar-refractivity contribution in [3.63, 3.8) is 0 Å². The monoisotopic (exact) mass is 532 g/mol. The van der Waals surface area contributed by atoms with Crippen LogP contribution < -0.4 is 15.0 Å². The predicted octanol–water partition coefficient (Wildman–Crippen LogP) is 3.93. The van der Waals surface area contributed by atoms with Gasteiger partial charge in [-0.25, -0.2) is 9.78 Å². The van der Waals surface area contributed by atoms with Gasteiger partial charge in [0.2, 0.25) is 5.75 Å². The van der Waals surface area contributed by atoms with E-state index in [0.717, 1.165) is 6.07 Å². The number of carboxylic acids is 1. The number of aromatic nitrogens is 2. The minimum atomic E-state index is -1.30. The minimum absolute atomic E-state index is 0.0491. The van der Waals surface area contributed by atoms with Crippen molar-refractivity contribution in [3.8, 4) is 11.5 Å². The van der Waals surface area contributed by atoms with Crippen LogP contribution in [0.4, 0.5) is 5.69 Å². The van der Waals surface area contributed by atoms with Gasteiger partial charge in [0.25, 0.3) is 5.56 Å². The van der Waals surface area contributed by atoms with Crippen molar-refractivity contribution in [2.75, 3.05) is 13.7 Å². The molecule has 0 aliphatic carbocycles. The summed E-state index contributed by atoms with van der Waals surface area (Å²) in [5.41, 5.74) is -0.118. The van der Waals surface area contributed by atoms with Gasteiger partial charge < -0.3 is 14.6 Å². The Morgan fingerprint density at radius 3 is 2.74 bits per heavy atom. The highest BCUT2D eigenvalue weighted by Crippen LogP contribution is 2.38. The first kappa shape index (κ1) is 24.8. The lowest BCUT2D eigenvalue weighted by Crippen LogP contribution is -2.23. The summed E-state index contributed by atoms with van der Waals surface area (Å²) < 4.78 is 12.1. The number of rotatable bonds is 9. The number of carboxylic acid groups (broad SMARTS) is 1. The van der Waals surface area contributed by atoms with Crippen LogP contribution in [0.2, 0.25) is 0 Å². The Hall–Kier alpha value is -3.80. The van der Waals surface area contributed by atoms with E-state index < -0.39 is 23.2 Å². The number of methoxy groups -OCH3 is 1. The normalized spacial score (nSPS) is 12.1. The molecule has 0 radical (unpaired) electrons. The van der Waals surface area contributed by atoms with Crippen molar-refractivity contribution >= 4 is 44.7 Å². The second kappa shape index (κ2) is 10.4. The maximum absolute atomic E-state index is 13.2. The van der Waals surface area contributed by atoms with E-state index in [1.54, 1.807) is 18.2 Å². The molecule has 0 amide bonds. The fourth-order valence-electron chi connectivity index (χ4n) is 3.15. The molecule has 0 unspecified atom stereocenters. The molecular formula is C22H21BrN4O7. The van der Waals surface area contributed by atoms with Crippen LogP contribution >= 0.6 is 15.9 Å². The zero-order valence-electron chi connectivity index (χ0n) is 18.5. The molecule has 34 heavy (non-hydrogen) atoms. The van der Waals surface area contributed by atoms with Crippen LogP contribution in [0.1, 0.15) is 37.6 Å². The summed E-state index contributed by atoms with van der Waals surface area (Å²) in [6, 6.07) is 7.74. The molecule has 0 aliphatic heterocycles. The van der Waals surface area contributed by atoms with E-state index in [2.05, 4.69) is 26.0 Å². The second-order valence-corrected chi connectivity index (χ2v) is 8.23. The van der Waals surface area contributed by atoms with E-state index >= 15 is 0 Å². The van der Waals surface area contributed by atoms with E-state index in [-0.39, 0.29) is 28.5 Å². The van der Waals surface area contributed by atoms with Crippen molar-refractivity contribution in [2.45, 2.75) is 26.2 Å². The van der Waals surface area contributed by atoms with Gasteiger partial charge in [0.1, 0.15) is 5.82 Å². The number of halogens is 1. The Morgan fingerprint density at radius 1 is 1.38 bits per heavy atom. The fourth-order valence-corrected chi connectivity index (χ4v) is 3.51. The summed E-state index contributed by atoms with van der Waals surface area (Å²) >= 11 is 3.35. The molecule has 11 nitrogen and oxygen atoms in total. The lowest BCUT2D eigenvalue weighted by atomic mass is 10.1. The summed E-state index contributed by atoms with van der Waals surface area (Å²) in [5, 5.41) is 25.1. The molecule has 0 saturated heterocycles. The maximum atomic E-state index is 13.2. The highest BCUT2D eigenvalue weighted by atomic mass is 79.9. The van der Waals surface area contributed by atoms with Crippen LogP contribution in [-0.2, 0) is 4.79 Å². The number of ether oxygens (including phenoxy) is 2. The standard InChI is InChI=1S/C22H21BrN4O7/c1-4-12(2)21-25-16-6-5-14(23)9-15(16)22(30)26(21)24-10-13-7-17(27(31)32)20(18(8-13)33-3)34-11-19(28)29/h5-10,12H,4,11H2,1-3H3,(H,28,29)/t12-/m1/s1. The van der Waals surface area contributed by atoms with Crippen LogP contribution in [-0.4, -0.2) is 45.6 Å². The molecule has 1 atom stereocenters. The molecule has 0 fully saturated rings. The molecule has 1 N–H and O–H groups in total. The molecule has 178 valence electrons. The molecule has 1 heterocycles. The van der Waals surface area contributed by atoms with Crippen molar-refractivity contribution < 1.29 is 24.3 Å². The van der Waals surface area contributed by atoms with Gasteiger partial charge in [-0.1, -0.05) is 29.8 Å². The zero-order chi connectivity index (χ0) is 25.0. The third-order valence-electron chi connectivity index (χ3n) is 5.02. The minimum Gasteiger partial charge on any atom is -0.493 e. The van der Waals surface area contributed by atoms with Crippen LogP contribution in [0.5, 0.6) is 11.5 Å². The van der Waals surface area contributed by atoms with E-state index in [4.69, 9.17) is 14.6 Å². The number of nitro benzene ring substituents is 1. The van der Waals surface area contributed by atoms with E-state index in [0.29, 0.717) is 27.6 Å². The first-order chi connectivity index (χ1) is 16.2. The van der Waals surface area contributed by atoms with Crippen molar-refractivity contribution in [2.24, 2.45) is 5.10 Å². The lowest BCUT2D eigenvalue weighted by molar-refractivity contribution is -0.385. The smallest absolute Gasteiger partial charge is 0.341 e. The van der Waals surface area contributed by atoms with Crippen LogP contribution in [0, 0.1) is 10.1 Å². The number of benzene rings is 2. The molecule has 0 saturated carbocycles. The molecule has 3 rings (SSSR count). The summed E-state index contributed by atoms with van der Waals surface area (Å²) in [5.74, 6) is -1.31. The summed E-state index contributed by atoms with van der Waals surface area (Å²) in [7, 11) is 1.27. The van der Waals surface area contributed by atoms with Gasteiger partial charge in [0.05, 0.1) is 29.2 Å². The molecule has 3 aromatic rings. The molecule has 1 aromatic heterocycles. The topological polar surface area (TPSA) is 146 Å². The Morgan fingerprint density at radius 2 is 2.12 bits per heavy atom. The average molecular weight is 533 g/mol. The summed E-state index contributed by atoms with van der Waals surface area (Å²) in [6.07, 6.45) is 1.98. The van der Waals surface area contributed by atoms with Gasteiger partial charge >= 0.3 is 11.7 Å². The molecule has 0 spiro atoms. The third-order valence-corrected chi connectivity index (χ3v) is 5.52. The molecule has 12 heteroatoms. The largest absolute Gasteiger partial charge is 0.493 e. The van der Waals surface area contributed by atoms with E-state index in [1.807, 2.05) is 13.8 Å². The zero-order valence-corrected chi connectivity index (χ0v) is 20.1. The molecule has 2 aromatic carbocycles. The van der Waals surface area contributed by atoms with Gasteiger partial charge in [-0.3, -0.25) is 14.9 Å². The third kappa shape index (κ3) is 5.22. The summed E-state index contributed by atoms with van der Waals surface area (Å²) in [6.45, 7) is 3.10. The van der Waals surface area contributed by atoms with Crippen molar-refractivity contribution in [1.82, 2.24) is 9.66 Å². The van der Waals surface area contributed by atoms with Gasteiger partial charge in [-0.2, -0.15) is 9.78 Å². The molecule has 0 bridgehead atoms. The Kier molecular flexibility index (Phi) is 7.61. The highest BCUT2D eigenvalue weighted by Gasteiger charge is 2.23. The van der Waals surface area contributed by atoms with Crippen molar-refractivity contribution in [3.05, 3.63) is 66.7 Å². The van der Waals surface area contributed by atoms with Crippen LogP contribution in [0.15, 0.2) is 44.7 Å². The number of aliphatic carboxylic acids is 1. The number of nitro groups is 1. The maximum Gasteiger partial charge on any atom is 0.341 e. The molecular weight excluding hydrogens is 512 g/mol. The van der Waals surface area contributed by atoms with Gasteiger partial charge in [0.15, 0.2) is 12.4 Å². The predicted molar refractivity (Wildman–Crippen MR) is 128 cm³/mol. The lowest BCUT2D eigenvalue weighted by Gasteiger charge is -2.14. The van der Waals surface area contributed by atoms with Crippen LogP contribution in [0.25, 0.3) is 10.9 Å². The number of hydrogen-bond acceptors (Lipinski definition) is 8. The Bertz CT molecular complexity index is 1350. The first-order valence-corrected chi connectivity index (χ1v) is 10.9. The Balaban J connectivity index is 2.16. The highest BCUT2D eigenvalue weighted by molar-refractivity contribution is 9.10. The van der Waals surface area contributed by atoms with Gasteiger partial charge in [-0.15, -0.1) is 0 Å². The first-order valence-electron chi connectivity index (χ1n) is 10.1. The number of hydrogen-bond donors (Lipinski definition) is 1. The Labute approximate surface area is 201 Å². The molecule has 0 aliphatic rings. The number of carbonyl (C=O) groups is 1. The van der Waals surface area contributed by atoms with E-state index in [9.17, 15) is 19.7 Å². The number of fused-ring (bicyclic) bond motifs is 1. The van der Waals surface area contributed by atoms with Gasteiger partial charge in [0, 0.05) is 22.0 Å². The van der Waals surface area contributed by atoms with Crippen molar-refractivity contribution in [1.29, 1.82) is 0 Å². The average Bonchev–Trinajstić information content (AvgIpc) is 2.81. The number of nitrogens with zero attached hydrogens (tertiary/aromatic N) is 4. The fraction of sp³-hybridized carbons (Fsp3) is 0.273. The van der Waals surface area contributed by atoms with Crippen LogP contribution in [0.3, 0.4) is 0 Å². The SMILES string of the molecule is CC[C@@H](C)c1nc2ccc(Br)cc2c(=O)n1N=Cc1cc(OC)c(OCC(=O)O)c([N+](=O)[O-])c1. The summed E-state index contributed by atoms with van der Waals surface area (Å²) in [4.78, 5) is 39.5.